The number of ether oxygens (including phenoxy) is 1. The summed E-state index contributed by atoms with van der Waals surface area (Å²) in [6.07, 6.45) is 0.422. The number of benzene rings is 1. The van der Waals surface area contributed by atoms with Crippen LogP contribution in [0.3, 0.4) is 0 Å². The second-order valence-electron chi connectivity index (χ2n) is 5.00. The molecule has 3 rings (SSSR count). The number of imidazole rings is 1. The molecule has 1 aliphatic rings. The summed E-state index contributed by atoms with van der Waals surface area (Å²) in [6.45, 7) is 3.13. The van der Waals surface area contributed by atoms with Crippen molar-refractivity contribution in [2.24, 2.45) is 0 Å². The molecule has 0 aliphatic carbocycles. The first kappa shape index (κ1) is 14.3. The van der Waals surface area contributed by atoms with Gasteiger partial charge in [-0.15, -0.1) is 0 Å². The number of morpholine rings is 1. The van der Waals surface area contributed by atoms with Crippen LogP contribution in [0.1, 0.15) is 6.42 Å². The molecule has 0 bridgehead atoms. The Morgan fingerprint density at radius 1 is 1.38 bits per heavy atom. The van der Waals surface area contributed by atoms with Gasteiger partial charge in [-0.1, -0.05) is 15.9 Å². The van der Waals surface area contributed by atoms with E-state index < -0.39 is 0 Å². The summed E-state index contributed by atoms with van der Waals surface area (Å²) in [5.74, 6) is 0.578. The van der Waals surface area contributed by atoms with Gasteiger partial charge in [0, 0.05) is 30.5 Å². The van der Waals surface area contributed by atoms with Crippen LogP contribution in [-0.2, 0) is 16.1 Å². The monoisotopic (exact) mass is 352 g/mol. The van der Waals surface area contributed by atoms with Crippen LogP contribution in [-0.4, -0.2) is 46.7 Å². The molecule has 1 amide bonds. The number of halogens is 1. The number of carbonyl (C=O) groups is 1. The molecule has 1 aromatic carbocycles. The van der Waals surface area contributed by atoms with E-state index in [0.29, 0.717) is 45.2 Å². The van der Waals surface area contributed by atoms with Gasteiger partial charge in [-0.3, -0.25) is 4.79 Å². The number of amides is 1. The maximum absolute atomic E-state index is 12.2. The lowest BCUT2D eigenvalue weighted by molar-refractivity contribution is -0.135. The number of nitrogen functional groups attached to an aromatic ring is 1. The first-order chi connectivity index (χ1) is 10.1. The topological polar surface area (TPSA) is 73.4 Å². The minimum Gasteiger partial charge on any atom is -0.378 e. The normalized spacial score (nSPS) is 15.6. The van der Waals surface area contributed by atoms with Crippen molar-refractivity contribution in [2.45, 2.75) is 13.0 Å². The minimum atomic E-state index is 0.136. The third-order valence-corrected chi connectivity index (χ3v) is 4.15. The Kier molecular flexibility index (Phi) is 4.12. The van der Waals surface area contributed by atoms with E-state index in [1.165, 1.54) is 0 Å². The van der Waals surface area contributed by atoms with Gasteiger partial charge in [-0.2, -0.15) is 0 Å². The van der Waals surface area contributed by atoms with Gasteiger partial charge < -0.3 is 19.9 Å². The maximum Gasteiger partial charge on any atom is 0.224 e. The Morgan fingerprint density at radius 3 is 2.90 bits per heavy atom. The average Bonchev–Trinajstić information content (AvgIpc) is 2.80. The predicted octanol–water partition coefficient (Wildman–Crippen LogP) is 1.63. The second-order valence-corrected chi connectivity index (χ2v) is 5.91. The number of rotatable bonds is 3. The average molecular weight is 353 g/mol. The van der Waals surface area contributed by atoms with Crippen molar-refractivity contribution >= 4 is 38.8 Å². The predicted molar refractivity (Wildman–Crippen MR) is 83.9 cm³/mol. The van der Waals surface area contributed by atoms with Gasteiger partial charge in [0.15, 0.2) is 0 Å². The zero-order valence-corrected chi connectivity index (χ0v) is 13.2. The molecule has 0 saturated carbocycles. The number of fused-ring (bicyclic) bond motifs is 1. The van der Waals surface area contributed by atoms with Crippen molar-refractivity contribution in [1.29, 1.82) is 0 Å². The molecule has 21 heavy (non-hydrogen) atoms. The van der Waals surface area contributed by atoms with E-state index >= 15 is 0 Å². The van der Waals surface area contributed by atoms with Crippen molar-refractivity contribution in [3.63, 3.8) is 0 Å². The fourth-order valence-electron chi connectivity index (χ4n) is 2.53. The molecule has 0 spiro atoms. The summed E-state index contributed by atoms with van der Waals surface area (Å²) in [6, 6.07) is 5.83. The summed E-state index contributed by atoms with van der Waals surface area (Å²) < 4.78 is 8.11. The molecule has 2 aromatic rings. The Bertz CT molecular complexity index is 664. The van der Waals surface area contributed by atoms with E-state index in [1.807, 2.05) is 27.7 Å². The highest BCUT2D eigenvalue weighted by Gasteiger charge is 2.17. The van der Waals surface area contributed by atoms with Crippen molar-refractivity contribution in [3.8, 4) is 0 Å². The highest BCUT2D eigenvalue weighted by atomic mass is 79.9. The third kappa shape index (κ3) is 3.03. The van der Waals surface area contributed by atoms with Gasteiger partial charge in [0.1, 0.15) is 0 Å². The summed E-state index contributed by atoms with van der Waals surface area (Å²) in [5, 5.41) is 0. The van der Waals surface area contributed by atoms with E-state index in [0.717, 1.165) is 15.5 Å². The lowest BCUT2D eigenvalue weighted by Crippen LogP contribution is -2.41. The van der Waals surface area contributed by atoms with E-state index in [2.05, 4.69) is 20.9 Å². The van der Waals surface area contributed by atoms with Gasteiger partial charge in [-0.25, -0.2) is 4.98 Å². The smallest absolute Gasteiger partial charge is 0.224 e. The molecule has 1 aliphatic heterocycles. The molecular formula is C14H17BrN4O2. The third-order valence-electron chi connectivity index (χ3n) is 3.65. The Labute approximate surface area is 131 Å². The summed E-state index contributed by atoms with van der Waals surface area (Å²) in [4.78, 5) is 18.4. The number of aryl methyl sites for hydroxylation is 1. The molecule has 0 atom stereocenters. The van der Waals surface area contributed by atoms with E-state index in [4.69, 9.17) is 10.5 Å². The van der Waals surface area contributed by atoms with E-state index in [1.54, 1.807) is 0 Å². The van der Waals surface area contributed by atoms with Crippen LogP contribution in [0.2, 0.25) is 0 Å². The number of hydrogen-bond donors (Lipinski definition) is 1. The number of nitrogens with two attached hydrogens (primary N) is 1. The van der Waals surface area contributed by atoms with E-state index in [-0.39, 0.29) is 5.91 Å². The van der Waals surface area contributed by atoms with Gasteiger partial charge in [0.05, 0.1) is 24.2 Å². The fraction of sp³-hybridized carbons (Fsp3) is 0.429. The first-order valence-corrected chi connectivity index (χ1v) is 7.71. The number of hydrogen-bond acceptors (Lipinski definition) is 4. The summed E-state index contributed by atoms with van der Waals surface area (Å²) in [5.41, 5.74) is 7.74. The summed E-state index contributed by atoms with van der Waals surface area (Å²) >= 11 is 3.42. The second kappa shape index (κ2) is 6.03. The summed E-state index contributed by atoms with van der Waals surface area (Å²) in [7, 11) is 0. The van der Waals surface area contributed by atoms with Crippen LogP contribution >= 0.6 is 15.9 Å². The molecular weight excluding hydrogens is 336 g/mol. The van der Waals surface area contributed by atoms with Crippen molar-refractivity contribution in [3.05, 3.63) is 22.7 Å². The Balaban J connectivity index is 1.72. The van der Waals surface area contributed by atoms with Crippen LogP contribution in [0.25, 0.3) is 11.0 Å². The van der Waals surface area contributed by atoms with Crippen molar-refractivity contribution in [2.75, 3.05) is 32.0 Å². The minimum absolute atomic E-state index is 0.136. The molecule has 6 nitrogen and oxygen atoms in total. The molecule has 1 fully saturated rings. The fourth-order valence-corrected chi connectivity index (χ4v) is 2.88. The zero-order valence-electron chi connectivity index (χ0n) is 11.6. The quantitative estimate of drug-likeness (QED) is 0.910. The Morgan fingerprint density at radius 2 is 2.14 bits per heavy atom. The lowest BCUT2D eigenvalue weighted by atomic mass is 10.3. The standard InChI is InChI=1S/C14H17BrN4O2/c15-10-1-2-12-11(9-10)17-14(16)19(12)4-3-13(20)18-5-7-21-8-6-18/h1-2,9H,3-8H2,(H2,16,17). The van der Waals surface area contributed by atoms with Gasteiger partial charge >= 0.3 is 0 Å². The highest BCUT2D eigenvalue weighted by molar-refractivity contribution is 9.10. The molecule has 2 N–H and O–H groups in total. The molecule has 112 valence electrons. The Hall–Kier alpha value is -1.60. The van der Waals surface area contributed by atoms with Gasteiger partial charge in [0.2, 0.25) is 11.9 Å². The molecule has 0 radical (unpaired) electrons. The van der Waals surface area contributed by atoms with Crippen LogP contribution in [0.4, 0.5) is 5.95 Å². The SMILES string of the molecule is Nc1nc2cc(Br)ccc2n1CCC(=O)N1CCOCC1. The molecule has 7 heteroatoms. The van der Waals surface area contributed by atoms with Gasteiger partial charge in [-0.05, 0) is 18.2 Å². The highest BCUT2D eigenvalue weighted by Crippen LogP contribution is 2.22. The number of nitrogens with zero attached hydrogens (tertiary/aromatic N) is 3. The molecule has 2 heterocycles. The lowest BCUT2D eigenvalue weighted by Gasteiger charge is -2.27. The largest absolute Gasteiger partial charge is 0.378 e. The molecule has 0 unspecified atom stereocenters. The van der Waals surface area contributed by atoms with Gasteiger partial charge in [0.25, 0.3) is 0 Å². The number of anilines is 1. The van der Waals surface area contributed by atoms with E-state index in [9.17, 15) is 4.79 Å². The number of carbonyl (C=O) groups excluding carboxylic acids is 1. The van der Waals surface area contributed by atoms with Crippen LogP contribution < -0.4 is 5.73 Å². The van der Waals surface area contributed by atoms with Crippen molar-refractivity contribution < 1.29 is 9.53 Å². The van der Waals surface area contributed by atoms with Crippen molar-refractivity contribution in [1.82, 2.24) is 14.5 Å². The van der Waals surface area contributed by atoms with Crippen LogP contribution in [0, 0.1) is 0 Å². The molecule has 1 aromatic heterocycles. The van der Waals surface area contributed by atoms with Crippen LogP contribution in [0.5, 0.6) is 0 Å². The number of aromatic nitrogens is 2. The first-order valence-electron chi connectivity index (χ1n) is 6.92. The zero-order chi connectivity index (χ0) is 14.8. The molecule has 1 saturated heterocycles. The van der Waals surface area contributed by atoms with Crippen LogP contribution in [0.15, 0.2) is 22.7 Å². The maximum atomic E-state index is 12.2.